The van der Waals surface area contributed by atoms with Gasteiger partial charge >= 0.3 is 12.1 Å². The minimum absolute atomic E-state index is 0.0530. The molecule has 0 heterocycles. The molecule has 2 aromatic carbocycles. The number of carboxylic acid groups (broad SMARTS) is 1. The number of carboxylic acids is 1. The van der Waals surface area contributed by atoms with Crippen molar-refractivity contribution in [2.75, 3.05) is 12.4 Å². The van der Waals surface area contributed by atoms with E-state index in [0.29, 0.717) is 28.6 Å². The van der Waals surface area contributed by atoms with Gasteiger partial charge < -0.3 is 19.7 Å². The Morgan fingerprint density at radius 1 is 1.13 bits per heavy atom. The van der Waals surface area contributed by atoms with E-state index in [1.165, 1.54) is 19.3 Å². The van der Waals surface area contributed by atoms with Crippen LogP contribution >= 0.6 is 31.9 Å². The topological polar surface area (TPSA) is 105 Å². The Hall–Kier alpha value is -2.36. The maximum Gasteiger partial charge on any atom is 0.412 e. The van der Waals surface area contributed by atoms with Gasteiger partial charge in [-0.3, -0.25) is 5.32 Å². The molecule has 3 N–H and O–H groups in total. The zero-order valence-electron chi connectivity index (χ0n) is 16.0. The number of aromatic hydroxyl groups is 1. The van der Waals surface area contributed by atoms with Crippen molar-refractivity contribution in [2.24, 2.45) is 0 Å². The summed E-state index contributed by atoms with van der Waals surface area (Å²) in [6, 6.07) is 11.8. The first kappa shape index (κ1) is 23.9. The molecule has 0 aromatic heterocycles. The summed E-state index contributed by atoms with van der Waals surface area (Å²) in [5, 5.41) is 21.7. The first-order valence-electron chi connectivity index (χ1n) is 8.94. The molecule has 0 unspecified atom stereocenters. The molecule has 7 nitrogen and oxygen atoms in total. The molecule has 0 aliphatic heterocycles. The highest BCUT2D eigenvalue weighted by molar-refractivity contribution is 9.10. The summed E-state index contributed by atoms with van der Waals surface area (Å²) in [6.07, 6.45) is 1.01. The fourth-order valence-electron chi connectivity index (χ4n) is 2.73. The Labute approximate surface area is 191 Å². The predicted molar refractivity (Wildman–Crippen MR) is 120 cm³/mol. The van der Waals surface area contributed by atoms with Gasteiger partial charge in [0.1, 0.15) is 5.75 Å². The van der Waals surface area contributed by atoms with Crippen molar-refractivity contribution in [2.45, 2.75) is 25.0 Å². The van der Waals surface area contributed by atoms with Crippen LogP contribution in [0, 0.1) is 0 Å². The van der Waals surface area contributed by atoms with E-state index in [1.807, 2.05) is 0 Å². The minimum atomic E-state index is -1.05. The van der Waals surface area contributed by atoms with Gasteiger partial charge in [-0.25, -0.2) is 9.59 Å². The number of phenolic OH excluding ortho intramolecular Hbond substituents is 1. The molecule has 160 valence electrons. The Kier molecular flexibility index (Phi) is 9.35. The van der Waals surface area contributed by atoms with Crippen LogP contribution in [0.4, 0.5) is 10.5 Å². The molecule has 0 aliphatic rings. The molecule has 30 heavy (non-hydrogen) atoms. The van der Waals surface area contributed by atoms with Gasteiger partial charge in [0.05, 0.1) is 6.10 Å². The largest absolute Gasteiger partial charge is 0.508 e. The lowest BCUT2D eigenvalue weighted by molar-refractivity contribution is -0.131. The number of rotatable bonds is 9. The quantitative estimate of drug-likeness (QED) is 0.354. The van der Waals surface area contributed by atoms with Gasteiger partial charge in [0, 0.05) is 33.4 Å². The number of phenols is 1. The number of nitrogens with one attached hydrogen (secondary N) is 1. The summed E-state index contributed by atoms with van der Waals surface area (Å²) in [7, 11) is 1.46. The number of anilines is 1. The SMILES string of the molecule is CO[C@H](CC/C=C/C(=O)O)[C@H](OC(=O)Nc1ccc(Br)cc1)c1cc(Br)ccc1O. The number of methoxy groups -OCH3 is 1. The first-order valence-corrected chi connectivity index (χ1v) is 10.5. The van der Waals surface area contributed by atoms with Crippen molar-refractivity contribution in [3.63, 3.8) is 0 Å². The third kappa shape index (κ3) is 7.47. The number of allylic oxidation sites excluding steroid dienone is 1. The van der Waals surface area contributed by atoms with Crippen LogP contribution in [-0.4, -0.2) is 35.5 Å². The van der Waals surface area contributed by atoms with Gasteiger partial charge in [-0.2, -0.15) is 0 Å². The maximum absolute atomic E-state index is 12.5. The molecular weight excluding hydrogens is 522 g/mol. The summed E-state index contributed by atoms with van der Waals surface area (Å²) in [5.41, 5.74) is 0.906. The van der Waals surface area contributed by atoms with Crippen LogP contribution in [0.25, 0.3) is 0 Å². The highest BCUT2D eigenvalue weighted by Crippen LogP contribution is 2.35. The minimum Gasteiger partial charge on any atom is -0.508 e. The van der Waals surface area contributed by atoms with Gasteiger partial charge in [-0.1, -0.05) is 37.9 Å². The van der Waals surface area contributed by atoms with E-state index in [0.717, 1.165) is 10.5 Å². The third-order valence-electron chi connectivity index (χ3n) is 4.14. The van der Waals surface area contributed by atoms with Gasteiger partial charge in [0.15, 0.2) is 6.10 Å². The molecule has 2 atom stereocenters. The number of carbonyl (C=O) groups excluding carboxylic acids is 1. The van der Waals surface area contributed by atoms with Crippen molar-refractivity contribution in [3.05, 3.63) is 69.1 Å². The van der Waals surface area contributed by atoms with Crippen molar-refractivity contribution in [1.82, 2.24) is 0 Å². The summed E-state index contributed by atoms with van der Waals surface area (Å²) in [4.78, 5) is 23.2. The normalized spacial score (nSPS) is 13.0. The molecule has 0 radical (unpaired) electrons. The number of aliphatic carboxylic acids is 1. The number of carbonyl (C=O) groups is 2. The summed E-state index contributed by atoms with van der Waals surface area (Å²) in [6.45, 7) is 0. The molecular formula is C21H21Br2NO6. The van der Waals surface area contributed by atoms with Crippen molar-refractivity contribution in [3.8, 4) is 5.75 Å². The number of hydrogen-bond donors (Lipinski definition) is 3. The summed E-state index contributed by atoms with van der Waals surface area (Å²) < 4.78 is 12.7. The zero-order chi connectivity index (χ0) is 22.1. The van der Waals surface area contributed by atoms with Crippen molar-refractivity contribution < 1.29 is 29.3 Å². The van der Waals surface area contributed by atoms with Crippen LogP contribution in [0.3, 0.4) is 0 Å². The van der Waals surface area contributed by atoms with Crippen LogP contribution in [0.1, 0.15) is 24.5 Å². The molecule has 2 rings (SSSR count). The predicted octanol–water partition coefficient (Wildman–Crippen LogP) is 5.64. The fraction of sp³-hybridized carbons (Fsp3) is 0.238. The van der Waals surface area contributed by atoms with Gasteiger partial charge in [0.25, 0.3) is 0 Å². The Balaban J connectivity index is 2.23. The highest BCUT2D eigenvalue weighted by atomic mass is 79.9. The van der Waals surface area contributed by atoms with Crippen molar-refractivity contribution >= 4 is 49.6 Å². The number of amides is 1. The summed E-state index contributed by atoms with van der Waals surface area (Å²) >= 11 is 6.68. The molecule has 0 saturated heterocycles. The monoisotopic (exact) mass is 541 g/mol. The van der Waals surface area contributed by atoms with Crippen LogP contribution < -0.4 is 5.32 Å². The van der Waals surface area contributed by atoms with E-state index in [9.17, 15) is 14.7 Å². The third-order valence-corrected chi connectivity index (χ3v) is 5.16. The van der Waals surface area contributed by atoms with E-state index in [-0.39, 0.29) is 5.75 Å². The number of benzene rings is 2. The van der Waals surface area contributed by atoms with Gasteiger partial charge in [-0.15, -0.1) is 0 Å². The Morgan fingerprint density at radius 2 is 1.80 bits per heavy atom. The number of hydrogen-bond acceptors (Lipinski definition) is 5. The highest BCUT2D eigenvalue weighted by Gasteiger charge is 2.29. The molecule has 0 bridgehead atoms. The second-order valence-electron chi connectivity index (χ2n) is 6.25. The average molecular weight is 543 g/mol. The molecule has 9 heteroatoms. The standard InChI is InChI=1S/C21H21Br2NO6/c1-29-18(4-2-3-5-19(26)27)20(16-12-14(23)8-11-17(16)25)30-21(28)24-15-9-6-13(22)7-10-15/h3,5-12,18,20,25H,2,4H2,1H3,(H,24,28)(H,26,27)/b5-3+/t18-,20-/m1/s1. The van der Waals surface area contributed by atoms with E-state index >= 15 is 0 Å². The van der Waals surface area contributed by atoms with Crippen LogP contribution in [0.5, 0.6) is 5.75 Å². The lowest BCUT2D eigenvalue weighted by atomic mass is 9.99. The lowest BCUT2D eigenvalue weighted by Gasteiger charge is -2.27. The Bertz CT molecular complexity index is 901. The fourth-order valence-corrected chi connectivity index (χ4v) is 3.37. The van der Waals surface area contributed by atoms with Crippen LogP contribution in [-0.2, 0) is 14.3 Å². The molecule has 2 aromatic rings. The smallest absolute Gasteiger partial charge is 0.412 e. The average Bonchev–Trinajstić information content (AvgIpc) is 2.70. The van der Waals surface area contributed by atoms with Crippen LogP contribution in [0.2, 0.25) is 0 Å². The number of halogens is 2. The van der Waals surface area contributed by atoms with Crippen molar-refractivity contribution in [1.29, 1.82) is 0 Å². The maximum atomic E-state index is 12.5. The van der Waals surface area contributed by atoms with E-state index in [4.69, 9.17) is 14.6 Å². The van der Waals surface area contributed by atoms with Gasteiger partial charge in [-0.05, 0) is 55.3 Å². The molecule has 1 amide bonds. The van der Waals surface area contributed by atoms with E-state index in [1.54, 1.807) is 36.4 Å². The molecule has 0 spiro atoms. The van der Waals surface area contributed by atoms with Crippen LogP contribution in [0.15, 0.2) is 63.6 Å². The molecule has 0 aliphatic carbocycles. The Morgan fingerprint density at radius 3 is 2.43 bits per heavy atom. The lowest BCUT2D eigenvalue weighted by Crippen LogP contribution is -2.28. The molecule has 0 saturated carbocycles. The number of ether oxygens (including phenoxy) is 2. The zero-order valence-corrected chi connectivity index (χ0v) is 19.2. The molecule has 0 fully saturated rings. The van der Waals surface area contributed by atoms with Gasteiger partial charge in [0.2, 0.25) is 0 Å². The second kappa shape index (κ2) is 11.7. The summed E-state index contributed by atoms with van der Waals surface area (Å²) in [5.74, 6) is -1.10. The van der Waals surface area contributed by atoms with E-state index in [2.05, 4.69) is 37.2 Å². The second-order valence-corrected chi connectivity index (χ2v) is 8.08. The first-order chi connectivity index (χ1) is 14.3. The van der Waals surface area contributed by atoms with E-state index < -0.39 is 24.3 Å².